The molecule has 6 nitrogen and oxygen atoms in total. The van der Waals surface area contributed by atoms with Crippen LogP contribution in [0, 0.1) is 0 Å². The monoisotopic (exact) mass is 391 g/mol. The molecule has 0 saturated carbocycles. The van der Waals surface area contributed by atoms with E-state index in [1.165, 1.54) is 12.1 Å². The Balaban J connectivity index is 1.57. The molecule has 3 N–H and O–H groups in total. The maximum atomic E-state index is 11.0. The van der Waals surface area contributed by atoms with E-state index >= 15 is 0 Å². The van der Waals surface area contributed by atoms with Crippen molar-refractivity contribution in [2.45, 2.75) is 0 Å². The van der Waals surface area contributed by atoms with Crippen molar-refractivity contribution >= 4 is 35.2 Å². The minimum absolute atomic E-state index is 0.173. The molecule has 0 radical (unpaired) electrons. The summed E-state index contributed by atoms with van der Waals surface area (Å²) in [6.45, 7) is 0. The number of benzene rings is 3. The lowest BCUT2D eigenvalue weighted by Crippen LogP contribution is -2.24. The molecule has 0 unspecified atom stereocenters. The summed E-state index contributed by atoms with van der Waals surface area (Å²) in [7, 11) is 0. The van der Waals surface area contributed by atoms with Crippen LogP contribution in [0.5, 0.6) is 11.5 Å². The van der Waals surface area contributed by atoms with Gasteiger partial charge in [-0.05, 0) is 60.2 Å². The molecular formula is C21H17N3O3S. The van der Waals surface area contributed by atoms with E-state index < -0.39 is 5.97 Å². The first-order valence-electron chi connectivity index (χ1n) is 8.36. The van der Waals surface area contributed by atoms with E-state index in [1.54, 1.807) is 18.3 Å². The van der Waals surface area contributed by atoms with Crippen LogP contribution in [-0.2, 0) is 0 Å². The van der Waals surface area contributed by atoms with Gasteiger partial charge in [0, 0.05) is 5.69 Å². The molecule has 0 heterocycles. The first-order valence-corrected chi connectivity index (χ1v) is 8.77. The van der Waals surface area contributed by atoms with Gasteiger partial charge in [0.05, 0.1) is 11.8 Å². The maximum absolute atomic E-state index is 11.0. The largest absolute Gasteiger partial charge is 0.478 e. The summed E-state index contributed by atoms with van der Waals surface area (Å²) < 4.78 is 5.79. The van der Waals surface area contributed by atoms with Crippen molar-refractivity contribution in [2.24, 2.45) is 5.10 Å². The first kappa shape index (κ1) is 19.1. The number of carbonyl (C=O) groups is 1. The van der Waals surface area contributed by atoms with Gasteiger partial charge < -0.3 is 15.2 Å². The van der Waals surface area contributed by atoms with E-state index in [9.17, 15) is 4.79 Å². The van der Waals surface area contributed by atoms with E-state index in [2.05, 4.69) is 15.8 Å². The molecule has 3 aromatic rings. The van der Waals surface area contributed by atoms with Gasteiger partial charge in [-0.25, -0.2) is 4.79 Å². The number of hydrogen-bond acceptors (Lipinski definition) is 4. The lowest BCUT2D eigenvalue weighted by Gasteiger charge is -2.08. The number of hydrogen-bond donors (Lipinski definition) is 3. The molecule has 0 atom stereocenters. The Morgan fingerprint density at radius 3 is 2.50 bits per heavy atom. The quantitative estimate of drug-likeness (QED) is 0.326. The van der Waals surface area contributed by atoms with Gasteiger partial charge in [0.1, 0.15) is 11.5 Å². The highest BCUT2D eigenvalue weighted by atomic mass is 32.1. The third-order valence-corrected chi connectivity index (χ3v) is 3.78. The Morgan fingerprint density at radius 1 is 0.964 bits per heavy atom. The summed E-state index contributed by atoms with van der Waals surface area (Å²) in [6.07, 6.45) is 1.61. The highest BCUT2D eigenvalue weighted by Crippen LogP contribution is 2.21. The van der Waals surface area contributed by atoms with Crippen molar-refractivity contribution in [1.29, 1.82) is 0 Å². The van der Waals surface area contributed by atoms with E-state index in [-0.39, 0.29) is 10.7 Å². The second kappa shape index (κ2) is 9.29. The maximum Gasteiger partial charge on any atom is 0.335 e. The van der Waals surface area contributed by atoms with Gasteiger partial charge in [-0.1, -0.05) is 36.4 Å². The van der Waals surface area contributed by atoms with Crippen molar-refractivity contribution in [2.75, 3.05) is 5.32 Å². The summed E-state index contributed by atoms with van der Waals surface area (Å²) in [5.74, 6) is 0.447. The molecule has 0 amide bonds. The second-order valence-corrected chi connectivity index (χ2v) is 6.11. The van der Waals surface area contributed by atoms with Crippen LogP contribution in [0.2, 0.25) is 0 Å². The van der Waals surface area contributed by atoms with Crippen molar-refractivity contribution in [3.8, 4) is 11.5 Å². The molecule has 0 aliphatic carbocycles. The lowest BCUT2D eigenvalue weighted by atomic mass is 10.2. The summed E-state index contributed by atoms with van der Waals surface area (Å²) >= 11 is 5.16. The second-order valence-electron chi connectivity index (χ2n) is 5.70. The van der Waals surface area contributed by atoms with Gasteiger partial charge in [-0.15, -0.1) is 0 Å². The van der Waals surface area contributed by atoms with Crippen LogP contribution in [-0.4, -0.2) is 22.4 Å². The fourth-order valence-corrected chi connectivity index (χ4v) is 2.51. The molecule has 28 heavy (non-hydrogen) atoms. The minimum Gasteiger partial charge on any atom is -0.478 e. The van der Waals surface area contributed by atoms with Crippen LogP contribution >= 0.6 is 12.2 Å². The summed E-state index contributed by atoms with van der Waals surface area (Å²) in [4.78, 5) is 11.0. The SMILES string of the molecule is O=C(O)c1cccc(NC(=S)N/N=C\c2cccc(Oc3ccccc3)c2)c1. The zero-order valence-electron chi connectivity index (χ0n) is 14.7. The minimum atomic E-state index is -1.00. The molecule has 0 saturated heterocycles. The fraction of sp³-hybridized carbons (Fsp3) is 0. The molecule has 0 aliphatic heterocycles. The van der Waals surface area contributed by atoms with Crippen molar-refractivity contribution < 1.29 is 14.6 Å². The molecule has 0 bridgehead atoms. The predicted octanol–water partition coefficient (Wildman–Crippen LogP) is 4.50. The molecule has 0 spiro atoms. The number of thiocarbonyl (C=S) groups is 1. The highest BCUT2D eigenvalue weighted by molar-refractivity contribution is 7.80. The van der Waals surface area contributed by atoms with Crippen molar-refractivity contribution in [3.63, 3.8) is 0 Å². The molecule has 0 fully saturated rings. The van der Waals surface area contributed by atoms with Gasteiger partial charge in [0.25, 0.3) is 0 Å². The molecule has 3 rings (SSSR count). The van der Waals surface area contributed by atoms with Gasteiger partial charge in [-0.2, -0.15) is 5.10 Å². The molecular weight excluding hydrogens is 374 g/mol. The number of nitrogens with one attached hydrogen (secondary N) is 2. The van der Waals surface area contributed by atoms with E-state index in [0.29, 0.717) is 11.4 Å². The Labute approximate surface area is 167 Å². The Morgan fingerprint density at radius 2 is 1.71 bits per heavy atom. The number of anilines is 1. The number of aromatic carboxylic acids is 1. The normalized spacial score (nSPS) is 10.4. The Hall–Kier alpha value is -3.71. The molecule has 3 aromatic carbocycles. The van der Waals surface area contributed by atoms with Crippen LogP contribution in [0.3, 0.4) is 0 Å². The fourth-order valence-electron chi connectivity index (χ4n) is 2.34. The van der Waals surface area contributed by atoms with E-state index in [1.807, 2.05) is 54.6 Å². The van der Waals surface area contributed by atoms with Crippen molar-refractivity contribution in [3.05, 3.63) is 90.0 Å². The number of carboxylic acid groups (broad SMARTS) is 1. The number of hydrazone groups is 1. The zero-order valence-corrected chi connectivity index (χ0v) is 15.5. The van der Waals surface area contributed by atoms with Crippen LogP contribution in [0.1, 0.15) is 15.9 Å². The number of nitrogens with zero attached hydrogens (tertiary/aromatic N) is 1. The number of carboxylic acids is 1. The Bertz CT molecular complexity index is 1010. The molecule has 140 valence electrons. The van der Waals surface area contributed by atoms with Crippen LogP contribution in [0.4, 0.5) is 5.69 Å². The number of ether oxygens (including phenoxy) is 1. The smallest absolute Gasteiger partial charge is 0.335 e. The lowest BCUT2D eigenvalue weighted by molar-refractivity contribution is 0.0697. The molecule has 0 aliphatic rings. The average Bonchev–Trinajstić information content (AvgIpc) is 2.69. The standard InChI is InChI=1S/C21H17N3O3S/c25-20(26)16-7-5-8-17(13-16)23-21(28)24-22-14-15-6-4-11-19(12-15)27-18-9-2-1-3-10-18/h1-14H,(H,25,26)(H2,23,24,28)/b22-14-. The predicted molar refractivity (Wildman–Crippen MR) is 113 cm³/mol. The topological polar surface area (TPSA) is 83.0 Å². The van der Waals surface area contributed by atoms with E-state index in [4.69, 9.17) is 22.1 Å². The van der Waals surface area contributed by atoms with Crippen LogP contribution in [0.15, 0.2) is 84.0 Å². The van der Waals surface area contributed by atoms with Crippen molar-refractivity contribution in [1.82, 2.24) is 5.43 Å². The summed E-state index contributed by atoms with van der Waals surface area (Å²) in [5.41, 5.74) is 4.26. The van der Waals surface area contributed by atoms with Crippen LogP contribution in [0.25, 0.3) is 0 Å². The highest BCUT2D eigenvalue weighted by Gasteiger charge is 2.04. The van der Waals surface area contributed by atoms with Gasteiger partial charge in [-0.3, -0.25) is 5.43 Å². The third kappa shape index (κ3) is 5.65. The average molecular weight is 391 g/mol. The van der Waals surface area contributed by atoms with Gasteiger partial charge in [0.2, 0.25) is 0 Å². The summed E-state index contributed by atoms with van der Waals surface area (Å²) in [6, 6.07) is 23.3. The molecule has 0 aromatic heterocycles. The third-order valence-electron chi connectivity index (χ3n) is 3.58. The van der Waals surface area contributed by atoms with Gasteiger partial charge in [0.15, 0.2) is 5.11 Å². The van der Waals surface area contributed by atoms with E-state index in [0.717, 1.165) is 11.3 Å². The first-order chi connectivity index (χ1) is 13.6. The zero-order chi connectivity index (χ0) is 19.8. The van der Waals surface area contributed by atoms with Gasteiger partial charge >= 0.3 is 5.97 Å². The molecule has 7 heteroatoms. The van der Waals surface area contributed by atoms with Crippen LogP contribution < -0.4 is 15.5 Å². The Kier molecular flexibility index (Phi) is 6.33. The number of para-hydroxylation sites is 1. The number of rotatable bonds is 6. The summed E-state index contributed by atoms with van der Waals surface area (Å²) in [5, 5.41) is 16.2.